The van der Waals surface area contributed by atoms with E-state index in [1.165, 1.54) is 0 Å². The molecular formula is C15H16Cl2IN3. The minimum absolute atomic E-state index is 0.525. The predicted octanol–water partition coefficient (Wildman–Crippen LogP) is 5.11. The van der Waals surface area contributed by atoms with Crippen LogP contribution in [0.15, 0.2) is 18.2 Å². The number of hydrogen-bond donors (Lipinski definition) is 1. The van der Waals surface area contributed by atoms with Crippen LogP contribution in [-0.2, 0) is 6.42 Å². The minimum Gasteiger partial charge on any atom is -0.369 e. The van der Waals surface area contributed by atoms with Crippen LogP contribution in [0.1, 0.15) is 30.4 Å². The van der Waals surface area contributed by atoms with E-state index in [0.29, 0.717) is 16.5 Å². The highest BCUT2D eigenvalue weighted by molar-refractivity contribution is 14.1. The molecule has 0 saturated carbocycles. The first-order valence-corrected chi connectivity index (χ1v) is 8.56. The fourth-order valence-corrected chi connectivity index (χ4v) is 2.88. The largest absolute Gasteiger partial charge is 0.369 e. The van der Waals surface area contributed by atoms with Gasteiger partial charge < -0.3 is 5.32 Å². The molecule has 0 aliphatic heterocycles. The molecule has 1 aromatic heterocycles. The number of benzene rings is 1. The highest BCUT2D eigenvalue weighted by atomic mass is 127. The number of hydrogen-bond acceptors (Lipinski definition) is 3. The number of rotatable bonds is 5. The molecule has 112 valence electrons. The van der Waals surface area contributed by atoms with Crippen molar-refractivity contribution in [3.05, 3.63) is 48.9 Å². The summed E-state index contributed by atoms with van der Waals surface area (Å²) in [5.74, 6) is 1.60. The third kappa shape index (κ3) is 4.20. The Morgan fingerprint density at radius 2 is 1.86 bits per heavy atom. The van der Waals surface area contributed by atoms with Gasteiger partial charge in [-0.2, -0.15) is 0 Å². The molecule has 0 bridgehead atoms. The lowest BCUT2D eigenvalue weighted by molar-refractivity contribution is 0.909. The summed E-state index contributed by atoms with van der Waals surface area (Å²) < 4.78 is 1.05. The van der Waals surface area contributed by atoms with Crippen molar-refractivity contribution in [2.45, 2.75) is 26.7 Å². The molecule has 3 nitrogen and oxygen atoms in total. The second-order valence-corrected chi connectivity index (χ2v) is 6.58. The first-order valence-electron chi connectivity index (χ1n) is 6.72. The van der Waals surface area contributed by atoms with Gasteiger partial charge in [-0.1, -0.05) is 36.2 Å². The van der Waals surface area contributed by atoms with Crippen molar-refractivity contribution in [2.75, 3.05) is 11.9 Å². The Balaban J connectivity index is 2.34. The molecule has 2 aromatic rings. The summed E-state index contributed by atoms with van der Waals surface area (Å²) in [4.78, 5) is 9.14. The van der Waals surface area contributed by atoms with Gasteiger partial charge in [0.25, 0.3) is 0 Å². The summed E-state index contributed by atoms with van der Waals surface area (Å²) in [6, 6.07) is 5.50. The zero-order valence-electron chi connectivity index (χ0n) is 11.9. The van der Waals surface area contributed by atoms with Crippen molar-refractivity contribution < 1.29 is 0 Å². The van der Waals surface area contributed by atoms with E-state index < -0.39 is 0 Å². The molecule has 6 heteroatoms. The summed E-state index contributed by atoms with van der Waals surface area (Å²) >= 11 is 14.7. The zero-order valence-corrected chi connectivity index (χ0v) is 15.6. The molecule has 0 atom stereocenters. The van der Waals surface area contributed by atoms with Crippen molar-refractivity contribution in [1.82, 2.24) is 9.97 Å². The highest BCUT2D eigenvalue weighted by Gasteiger charge is 2.12. The summed E-state index contributed by atoms with van der Waals surface area (Å²) in [7, 11) is 0. The van der Waals surface area contributed by atoms with Crippen LogP contribution >= 0.6 is 45.8 Å². The molecule has 1 N–H and O–H groups in total. The minimum atomic E-state index is 0.525. The van der Waals surface area contributed by atoms with Crippen LogP contribution in [0, 0.1) is 10.5 Å². The van der Waals surface area contributed by atoms with Crippen LogP contribution in [0.4, 0.5) is 5.82 Å². The molecule has 0 aliphatic carbocycles. The maximum atomic E-state index is 6.22. The van der Waals surface area contributed by atoms with Gasteiger partial charge >= 0.3 is 0 Å². The monoisotopic (exact) mass is 435 g/mol. The lowest BCUT2D eigenvalue weighted by Gasteiger charge is -2.12. The fraction of sp³-hybridized carbons (Fsp3) is 0.333. The van der Waals surface area contributed by atoms with Crippen molar-refractivity contribution in [1.29, 1.82) is 0 Å². The van der Waals surface area contributed by atoms with Gasteiger partial charge in [-0.05, 0) is 53.6 Å². The smallest absolute Gasteiger partial charge is 0.143 e. The number of nitrogens with one attached hydrogen (secondary N) is 1. The van der Waals surface area contributed by atoms with Gasteiger partial charge in [-0.15, -0.1) is 0 Å². The number of aromatic nitrogens is 2. The van der Waals surface area contributed by atoms with E-state index in [4.69, 9.17) is 23.2 Å². The standard InChI is InChI=1S/C15H16Cl2IN3/c1-3-7-19-15-14(18)9(2)20-13(21-15)8-10-11(16)5-4-6-12(10)17/h4-6H,3,7-8H2,1-2H3,(H,19,20,21). The van der Waals surface area contributed by atoms with Gasteiger partial charge in [0.05, 0.1) is 9.26 Å². The molecule has 0 amide bonds. The van der Waals surface area contributed by atoms with Gasteiger partial charge in [0.1, 0.15) is 11.6 Å². The van der Waals surface area contributed by atoms with E-state index >= 15 is 0 Å². The van der Waals surface area contributed by atoms with Gasteiger partial charge in [0.2, 0.25) is 0 Å². The summed E-state index contributed by atoms with van der Waals surface area (Å²) in [5.41, 5.74) is 1.82. The predicted molar refractivity (Wildman–Crippen MR) is 97.5 cm³/mol. The van der Waals surface area contributed by atoms with Crippen LogP contribution < -0.4 is 5.32 Å². The Kier molecular flexibility index (Phi) is 6.08. The van der Waals surface area contributed by atoms with E-state index in [9.17, 15) is 0 Å². The number of aryl methyl sites for hydroxylation is 1. The molecule has 1 heterocycles. The van der Waals surface area contributed by atoms with Crippen LogP contribution in [0.25, 0.3) is 0 Å². The first kappa shape index (κ1) is 16.8. The Morgan fingerprint density at radius 1 is 1.19 bits per heavy atom. The second-order valence-electron chi connectivity index (χ2n) is 4.69. The number of anilines is 1. The normalized spacial score (nSPS) is 10.7. The maximum Gasteiger partial charge on any atom is 0.143 e. The molecular weight excluding hydrogens is 420 g/mol. The van der Waals surface area contributed by atoms with Gasteiger partial charge in [-0.25, -0.2) is 9.97 Å². The maximum absolute atomic E-state index is 6.22. The average Bonchev–Trinajstić information content (AvgIpc) is 2.45. The Labute approximate surface area is 148 Å². The van der Waals surface area contributed by atoms with Crippen molar-refractivity contribution in [3.63, 3.8) is 0 Å². The fourth-order valence-electron chi connectivity index (χ4n) is 1.92. The van der Waals surface area contributed by atoms with E-state index in [2.05, 4.69) is 44.8 Å². The second kappa shape index (κ2) is 7.61. The van der Waals surface area contributed by atoms with Crippen LogP contribution in [0.5, 0.6) is 0 Å². The highest BCUT2D eigenvalue weighted by Crippen LogP contribution is 2.27. The first-order chi connectivity index (χ1) is 10.0. The lowest BCUT2D eigenvalue weighted by atomic mass is 10.1. The Morgan fingerprint density at radius 3 is 2.48 bits per heavy atom. The van der Waals surface area contributed by atoms with E-state index in [1.54, 1.807) is 0 Å². The average molecular weight is 436 g/mol. The Bertz CT molecular complexity index is 627. The van der Waals surface area contributed by atoms with E-state index in [1.807, 2.05) is 25.1 Å². The summed E-state index contributed by atoms with van der Waals surface area (Å²) in [6.07, 6.45) is 1.57. The zero-order chi connectivity index (χ0) is 15.4. The van der Waals surface area contributed by atoms with Gasteiger partial charge in [0, 0.05) is 23.0 Å². The van der Waals surface area contributed by atoms with Crippen molar-refractivity contribution in [2.24, 2.45) is 0 Å². The summed E-state index contributed by atoms with van der Waals surface area (Å²) in [6.45, 7) is 5.00. The third-order valence-electron chi connectivity index (χ3n) is 3.00. The molecule has 0 radical (unpaired) electrons. The van der Waals surface area contributed by atoms with E-state index in [0.717, 1.165) is 39.4 Å². The molecule has 1 aromatic carbocycles. The molecule has 0 aliphatic rings. The van der Waals surface area contributed by atoms with Crippen LogP contribution in [0.2, 0.25) is 10.0 Å². The number of halogens is 3. The van der Waals surface area contributed by atoms with Gasteiger partial charge in [0.15, 0.2) is 0 Å². The van der Waals surface area contributed by atoms with Crippen LogP contribution in [-0.4, -0.2) is 16.5 Å². The number of nitrogens with zero attached hydrogens (tertiary/aromatic N) is 2. The summed E-state index contributed by atoms with van der Waals surface area (Å²) in [5, 5.41) is 4.62. The Hall–Kier alpha value is -0.590. The van der Waals surface area contributed by atoms with E-state index in [-0.39, 0.29) is 0 Å². The molecule has 0 spiro atoms. The SMILES string of the molecule is CCCNc1nc(Cc2c(Cl)cccc2Cl)nc(C)c1I. The third-order valence-corrected chi connectivity index (χ3v) is 5.00. The molecule has 0 unspecified atom stereocenters. The molecule has 0 fully saturated rings. The van der Waals surface area contributed by atoms with Crippen molar-refractivity contribution >= 4 is 51.6 Å². The molecule has 21 heavy (non-hydrogen) atoms. The molecule has 0 saturated heterocycles. The topological polar surface area (TPSA) is 37.8 Å². The quantitative estimate of drug-likeness (QED) is 0.663. The van der Waals surface area contributed by atoms with Crippen LogP contribution in [0.3, 0.4) is 0 Å². The lowest BCUT2D eigenvalue weighted by Crippen LogP contribution is -2.09. The molecule has 2 rings (SSSR count). The van der Waals surface area contributed by atoms with Gasteiger partial charge in [-0.3, -0.25) is 0 Å². The van der Waals surface area contributed by atoms with Crippen molar-refractivity contribution in [3.8, 4) is 0 Å².